The zero-order chi connectivity index (χ0) is 17.2. The Bertz CT molecular complexity index is 749. The molecule has 1 saturated carbocycles. The molecule has 0 unspecified atom stereocenters. The van der Waals surface area contributed by atoms with Gasteiger partial charge in [-0.15, -0.1) is 0 Å². The van der Waals surface area contributed by atoms with E-state index in [4.69, 9.17) is 4.74 Å². The van der Waals surface area contributed by atoms with Gasteiger partial charge in [-0.2, -0.15) is 0 Å². The second-order valence-corrected chi connectivity index (χ2v) is 9.38. The summed E-state index contributed by atoms with van der Waals surface area (Å²) in [5.41, 5.74) is 2.39. The van der Waals surface area contributed by atoms with Gasteiger partial charge in [0.2, 0.25) is 0 Å². The molecule has 3 atom stereocenters. The third-order valence-corrected chi connectivity index (χ3v) is 8.04. The molecule has 2 aliphatic rings. The SMILES string of the molecule is CCOC(=O)N1c2ccccc2[C@H]2CCC[C@H]([Se]c3ccccc3)[C@H]21. The van der Waals surface area contributed by atoms with Crippen LogP contribution in [0.5, 0.6) is 0 Å². The van der Waals surface area contributed by atoms with Crippen molar-refractivity contribution in [1.29, 1.82) is 0 Å². The molecule has 2 aromatic rings. The third-order valence-electron chi connectivity index (χ3n) is 5.19. The van der Waals surface area contributed by atoms with Crippen molar-refractivity contribution in [3.63, 3.8) is 0 Å². The van der Waals surface area contributed by atoms with Gasteiger partial charge < -0.3 is 0 Å². The summed E-state index contributed by atoms with van der Waals surface area (Å²) < 4.78 is 6.84. The first-order valence-corrected chi connectivity index (χ1v) is 10.9. The van der Waals surface area contributed by atoms with Crippen LogP contribution in [0.2, 0.25) is 4.82 Å². The van der Waals surface area contributed by atoms with E-state index in [0.29, 0.717) is 32.3 Å². The molecular weight excluding hydrogens is 377 g/mol. The fraction of sp³-hybridized carbons (Fsp3) is 0.381. The molecule has 4 rings (SSSR count). The van der Waals surface area contributed by atoms with Crippen molar-refractivity contribution < 1.29 is 9.53 Å². The van der Waals surface area contributed by atoms with E-state index in [1.165, 1.54) is 29.3 Å². The number of nitrogens with zero attached hydrogens (tertiary/aromatic N) is 1. The van der Waals surface area contributed by atoms with Crippen molar-refractivity contribution in [1.82, 2.24) is 0 Å². The van der Waals surface area contributed by atoms with E-state index in [0.717, 1.165) is 5.69 Å². The van der Waals surface area contributed by atoms with Crippen LogP contribution in [0.15, 0.2) is 54.6 Å². The van der Waals surface area contributed by atoms with Gasteiger partial charge in [0.05, 0.1) is 0 Å². The second kappa shape index (κ2) is 7.23. The Morgan fingerprint density at radius 2 is 1.88 bits per heavy atom. The van der Waals surface area contributed by atoms with Gasteiger partial charge in [0.25, 0.3) is 0 Å². The van der Waals surface area contributed by atoms with Gasteiger partial charge in [0.15, 0.2) is 0 Å². The van der Waals surface area contributed by atoms with Crippen LogP contribution < -0.4 is 9.36 Å². The summed E-state index contributed by atoms with van der Waals surface area (Å²) in [5.74, 6) is 0.449. The van der Waals surface area contributed by atoms with E-state index in [-0.39, 0.29) is 12.1 Å². The third kappa shape index (κ3) is 3.09. The average molecular weight is 400 g/mol. The van der Waals surface area contributed by atoms with Gasteiger partial charge in [-0.25, -0.2) is 0 Å². The number of amides is 1. The molecule has 4 heteroatoms. The number of anilines is 1. The molecular formula is C21H23NO2Se. The van der Waals surface area contributed by atoms with Crippen LogP contribution in [0.25, 0.3) is 0 Å². The first kappa shape index (κ1) is 16.7. The van der Waals surface area contributed by atoms with Crippen molar-refractivity contribution in [2.24, 2.45) is 0 Å². The monoisotopic (exact) mass is 401 g/mol. The second-order valence-electron chi connectivity index (χ2n) is 6.63. The Labute approximate surface area is 155 Å². The maximum atomic E-state index is 12.8. The Hall–Kier alpha value is -1.77. The standard InChI is InChI=1S/C21H23NO2Se/c1-2-24-21(23)22-18-13-7-6-11-16(18)17-12-8-14-19(20(17)22)25-15-9-4-3-5-10-15/h3-7,9-11,13,17,19-20H,2,8,12,14H2,1H3/t17-,19+,20+/m1/s1. The molecule has 0 bridgehead atoms. The summed E-state index contributed by atoms with van der Waals surface area (Å²) in [6.07, 6.45) is 3.42. The fourth-order valence-corrected chi connectivity index (χ4v) is 7.16. The van der Waals surface area contributed by atoms with Crippen LogP contribution in [0.1, 0.15) is 37.7 Å². The topological polar surface area (TPSA) is 29.5 Å². The summed E-state index contributed by atoms with van der Waals surface area (Å²) in [5, 5.41) is 0. The number of fused-ring (bicyclic) bond motifs is 3. The number of hydrogen-bond acceptors (Lipinski definition) is 2. The van der Waals surface area contributed by atoms with Crippen molar-refractivity contribution >= 4 is 31.2 Å². The number of rotatable bonds is 3. The Kier molecular flexibility index (Phi) is 4.82. The molecule has 1 amide bonds. The van der Waals surface area contributed by atoms with Crippen LogP contribution in [0.4, 0.5) is 10.5 Å². The Morgan fingerprint density at radius 3 is 2.68 bits per heavy atom. The predicted octanol–water partition coefficient (Wildman–Crippen LogP) is 4.12. The molecule has 0 aromatic heterocycles. The number of para-hydroxylation sites is 1. The maximum absolute atomic E-state index is 12.8. The molecule has 1 aliphatic heterocycles. The molecule has 2 aromatic carbocycles. The van der Waals surface area contributed by atoms with Crippen molar-refractivity contribution in [3.8, 4) is 0 Å². The average Bonchev–Trinajstić information content (AvgIpc) is 2.99. The summed E-state index contributed by atoms with van der Waals surface area (Å²) >= 11 is 0.359. The van der Waals surface area contributed by atoms with Gasteiger partial charge >= 0.3 is 155 Å². The van der Waals surface area contributed by atoms with E-state index in [9.17, 15) is 4.79 Å². The molecule has 3 nitrogen and oxygen atoms in total. The Morgan fingerprint density at radius 1 is 1.12 bits per heavy atom. The summed E-state index contributed by atoms with van der Waals surface area (Å²) in [4.78, 5) is 15.3. The van der Waals surface area contributed by atoms with Gasteiger partial charge in [0.1, 0.15) is 0 Å². The van der Waals surface area contributed by atoms with E-state index in [2.05, 4.69) is 48.5 Å². The van der Waals surface area contributed by atoms with Crippen LogP contribution in [0.3, 0.4) is 0 Å². The molecule has 1 aliphatic carbocycles. The summed E-state index contributed by atoms with van der Waals surface area (Å²) in [6.45, 7) is 2.30. The molecule has 0 N–H and O–H groups in total. The minimum absolute atomic E-state index is 0.182. The Balaban J connectivity index is 1.69. The molecule has 0 spiro atoms. The number of ether oxygens (including phenoxy) is 1. The molecule has 1 heterocycles. The van der Waals surface area contributed by atoms with Crippen LogP contribution >= 0.6 is 0 Å². The first-order valence-electron chi connectivity index (χ1n) is 9.06. The van der Waals surface area contributed by atoms with E-state index in [1.807, 2.05) is 17.9 Å². The zero-order valence-electron chi connectivity index (χ0n) is 14.4. The molecule has 25 heavy (non-hydrogen) atoms. The van der Waals surface area contributed by atoms with E-state index >= 15 is 0 Å². The van der Waals surface area contributed by atoms with Crippen LogP contribution in [-0.2, 0) is 4.74 Å². The van der Waals surface area contributed by atoms with Gasteiger partial charge in [-0.3, -0.25) is 0 Å². The van der Waals surface area contributed by atoms with Crippen molar-refractivity contribution in [3.05, 3.63) is 60.2 Å². The van der Waals surface area contributed by atoms with E-state index < -0.39 is 0 Å². The molecule has 0 saturated heterocycles. The first-order chi connectivity index (χ1) is 12.3. The fourth-order valence-electron chi connectivity index (χ4n) is 4.22. The quantitative estimate of drug-likeness (QED) is 0.726. The number of carbonyl (C=O) groups excluding carboxylic acids is 1. The predicted molar refractivity (Wildman–Crippen MR) is 102 cm³/mol. The van der Waals surface area contributed by atoms with Gasteiger partial charge in [0, 0.05) is 0 Å². The van der Waals surface area contributed by atoms with Crippen LogP contribution in [-0.4, -0.2) is 33.7 Å². The van der Waals surface area contributed by atoms with Crippen molar-refractivity contribution in [2.75, 3.05) is 11.5 Å². The molecule has 1 fully saturated rings. The minimum atomic E-state index is -0.182. The molecule has 130 valence electrons. The normalized spacial score (nSPS) is 24.5. The number of hydrogen-bond donors (Lipinski definition) is 0. The van der Waals surface area contributed by atoms with Crippen LogP contribution in [0, 0.1) is 0 Å². The van der Waals surface area contributed by atoms with Gasteiger partial charge in [-0.05, 0) is 0 Å². The number of benzene rings is 2. The molecule has 0 radical (unpaired) electrons. The van der Waals surface area contributed by atoms with Gasteiger partial charge in [-0.1, -0.05) is 0 Å². The van der Waals surface area contributed by atoms with Crippen molar-refractivity contribution in [2.45, 2.75) is 43.0 Å². The summed E-state index contributed by atoms with van der Waals surface area (Å²) in [7, 11) is 0. The summed E-state index contributed by atoms with van der Waals surface area (Å²) in [6, 6.07) is 19.4. The van der Waals surface area contributed by atoms with E-state index in [1.54, 1.807) is 0 Å². The number of carbonyl (C=O) groups is 1. The zero-order valence-corrected chi connectivity index (χ0v) is 16.1.